The third kappa shape index (κ3) is 5.11. The molecule has 8 heteroatoms. The Kier molecular flexibility index (Phi) is 6.65. The average molecular weight is 452 g/mol. The number of hydrogen-bond acceptors (Lipinski definition) is 6. The Hall–Kier alpha value is -4.90. The first-order valence-corrected chi connectivity index (χ1v) is 10.3. The van der Waals surface area contributed by atoms with Crippen LogP contribution in [0.4, 0.5) is 5.69 Å². The minimum atomic E-state index is -0.322. The van der Waals surface area contributed by atoms with E-state index in [4.69, 9.17) is 9.47 Å². The summed E-state index contributed by atoms with van der Waals surface area (Å²) in [6.45, 7) is -0.202. The number of anilines is 1. The summed E-state index contributed by atoms with van der Waals surface area (Å²) in [7, 11) is 1.48. The van der Waals surface area contributed by atoms with Gasteiger partial charge in [0.15, 0.2) is 23.9 Å². The lowest BCUT2D eigenvalue weighted by atomic mass is 10.1. The van der Waals surface area contributed by atoms with E-state index in [0.717, 1.165) is 0 Å². The Labute approximate surface area is 195 Å². The molecule has 34 heavy (non-hydrogen) atoms. The number of carbonyl (C=O) groups is 1. The van der Waals surface area contributed by atoms with E-state index >= 15 is 0 Å². The summed E-state index contributed by atoms with van der Waals surface area (Å²) in [5, 5.41) is 12.9. The molecule has 0 fully saturated rings. The summed E-state index contributed by atoms with van der Waals surface area (Å²) in [4.78, 5) is 31.6. The molecule has 0 atom stereocenters. The molecule has 0 aliphatic carbocycles. The highest BCUT2D eigenvalue weighted by molar-refractivity contribution is 5.92. The molecule has 3 aromatic carbocycles. The average Bonchev–Trinajstić information content (AvgIpc) is 2.87. The van der Waals surface area contributed by atoms with Crippen LogP contribution >= 0.6 is 0 Å². The van der Waals surface area contributed by atoms with Gasteiger partial charge in [0.2, 0.25) is 0 Å². The Balaban J connectivity index is 1.54. The summed E-state index contributed by atoms with van der Waals surface area (Å²) >= 11 is 0. The first-order chi connectivity index (χ1) is 16.6. The third-order valence-corrected chi connectivity index (χ3v) is 4.90. The summed E-state index contributed by atoms with van der Waals surface area (Å²) in [6, 6.07) is 23.1. The van der Waals surface area contributed by atoms with Gasteiger partial charge in [-0.25, -0.2) is 4.98 Å². The number of rotatable bonds is 7. The highest BCUT2D eigenvalue weighted by Crippen LogP contribution is 2.29. The molecule has 1 aromatic heterocycles. The van der Waals surface area contributed by atoms with Crippen LogP contribution in [-0.4, -0.2) is 29.6 Å². The first-order valence-electron chi connectivity index (χ1n) is 10.3. The molecule has 0 saturated heterocycles. The predicted octanol–water partition coefficient (Wildman–Crippen LogP) is 4.01. The SMILES string of the molecule is COc1cc(C=C(C#N)c2nc3ccccc3c(=O)[nH]2)ccc1OCC(=O)Nc1ccccc1. The normalized spacial score (nSPS) is 11.0. The molecule has 0 aliphatic rings. The van der Waals surface area contributed by atoms with Gasteiger partial charge in [0.25, 0.3) is 11.5 Å². The number of ether oxygens (including phenoxy) is 2. The lowest BCUT2D eigenvalue weighted by Crippen LogP contribution is -2.20. The van der Waals surface area contributed by atoms with E-state index in [2.05, 4.69) is 21.4 Å². The summed E-state index contributed by atoms with van der Waals surface area (Å²) in [6.07, 6.45) is 1.58. The molecule has 0 unspecified atom stereocenters. The van der Waals surface area contributed by atoms with E-state index in [0.29, 0.717) is 33.7 Å². The lowest BCUT2D eigenvalue weighted by Gasteiger charge is -2.12. The molecule has 8 nitrogen and oxygen atoms in total. The van der Waals surface area contributed by atoms with Crippen LogP contribution in [0.5, 0.6) is 11.5 Å². The van der Waals surface area contributed by atoms with Crippen molar-refractivity contribution >= 4 is 34.1 Å². The minimum Gasteiger partial charge on any atom is -0.493 e. The van der Waals surface area contributed by atoms with E-state index in [1.807, 2.05) is 18.2 Å². The van der Waals surface area contributed by atoms with Crippen LogP contribution in [0.2, 0.25) is 0 Å². The summed E-state index contributed by atoms with van der Waals surface area (Å²) in [5.41, 5.74) is 1.66. The second-order valence-corrected chi connectivity index (χ2v) is 7.21. The number of aromatic nitrogens is 2. The Bertz CT molecular complexity index is 1470. The predicted molar refractivity (Wildman–Crippen MR) is 129 cm³/mol. The number of fused-ring (bicyclic) bond motifs is 1. The number of H-pyrrole nitrogens is 1. The number of hydrogen-bond donors (Lipinski definition) is 2. The molecule has 0 bridgehead atoms. The fraction of sp³-hybridized carbons (Fsp3) is 0.0769. The van der Waals surface area contributed by atoms with Crippen LogP contribution in [0.15, 0.2) is 77.6 Å². The smallest absolute Gasteiger partial charge is 0.262 e. The van der Waals surface area contributed by atoms with E-state index in [1.54, 1.807) is 60.7 Å². The number of amides is 1. The maximum atomic E-state index is 12.4. The molecule has 4 aromatic rings. The van der Waals surface area contributed by atoms with Gasteiger partial charge < -0.3 is 19.8 Å². The van der Waals surface area contributed by atoms with Gasteiger partial charge in [0, 0.05) is 5.69 Å². The Morgan fingerprint density at radius 1 is 1.09 bits per heavy atom. The molecule has 1 heterocycles. The second-order valence-electron chi connectivity index (χ2n) is 7.21. The van der Waals surface area contributed by atoms with Gasteiger partial charge in [-0.3, -0.25) is 9.59 Å². The Morgan fingerprint density at radius 3 is 2.62 bits per heavy atom. The fourth-order valence-electron chi connectivity index (χ4n) is 3.29. The van der Waals surface area contributed by atoms with Crippen LogP contribution in [0, 0.1) is 11.3 Å². The van der Waals surface area contributed by atoms with Crippen molar-refractivity contribution in [3.05, 3.63) is 94.5 Å². The number of allylic oxidation sites excluding steroid dienone is 1. The van der Waals surface area contributed by atoms with Gasteiger partial charge in [-0.2, -0.15) is 5.26 Å². The first kappa shape index (κ1) is 22.3. The topological polar surface area (TPSA) is 117 Å². The van der Waals surface area contributed by atoms with Gasteiger partial charge in [0.1, 0.15) is 6.07 Å². The van der Waals surface area contributed by atoms with Gasteiger partial charge in [-0.15, -0.1) is 0 Å². The summed E-state index contributed by atoms with van der Waals surface area (Å²) in [5.74, 6) is 0.621. The number of aromatic amines is 1. The zero-order valence-corrected chi connectivity index (χ0v) is 18.2. The number of benzene rings is 3. The number of carbonyl (C=O) groups excluding carboxylic acids is 1. The maximum Gasteiger partial charge on any atom is 0.262 e. The highest BCUT2D eigenvalue weighted by Gasteiger charge is 2.11. The second kappa shape index (κ2) is 10.1. The van der Waals surface area contributed by atoms with Crippen LogP contribution < -0.4 is 20.3 Å². The van der Waals surface area contributed by atoms with Crippen molar-refractivity contribution in [2.45, 2.75) is 0 Å². The van der Waals surface area contributed by atoms with Crippen molar-refractivity contribution in [1.82, 2.24) is 9.97 Å². The zero-order chi connectivity index (χ0) is 23.9. The molecule has 168 valence electrons. The number of para-hydroxylation sites is 2. The number of nitriles is 1. The number of nitrogens with one attached hydrogen (secondary N) is 2. The van der Waals surface area contributed by atoms with Crippen LogP contribution in [0.3, 0.4) is 0 Å². The van der Waals surface area contributed by atoms with Crippen LogP contribution in [0.25, 0.3) is 22.6 Å². The molecule has 0 spiro atoms. The van der Waals surface area contributed by atoms with E-state index < -0.39 is 0 Å². The van der Waals surface area contributed by atoms with Crippen molar-refractivity contribution in [1.29, 1.82) is 5.26 Å². The lowest BCUT2D eigenvalue weighted by molar-refractivity contribution is -0.118. The van der Waals surface area contributed by atoms with Crippen LogP contribution in [0.1, 0.15) is 11.4 Å². The van der Waals surface area contributed by atoms with E-state index in [9.17, 15) is 14.9 Å². The van der Waals surface area contributed by atoms with E-state index in [-0.39, 0.29) is 29.5 Å². The van der Waals surface area contributed by atoms with Gasteiger partial charge >= 0.3 is 0 Å². The zero-order valence-electron chi connectivity index (χ0n) is 18.2. The van der Waals surface area contributed by atoms with Gasteiger partial charge in [-0.1, -0.05) is 36.4 Å². The monoisotopic (exact) mass is 452 g/mol. The number of nitrogens with zero attached hydrogens (tertiary/aromatic N) is 2. The third-order valence-electron chi connectivity index (χ3n) is 4.90. The van der Waals surface area contributed by atoms with Gasteiger partial charge in [-0.05, 0) is 48.0 Å². The van der Waals surface area contributed by atoms with Crippen molar-refractivity contribution in [2.75, 3.05) is 19.0 Å². The quantitative estimate of drug-likeness (QED) is 0.409. The highest BCUT2D eigenvalue weighted by atomic mass is 16.5. The van der Waals surface area contributed by atoms with Crippen LogP contribution in [-0.2, 0) is 4.79 Å². The van der Waals surface area contributed by atoms with Crippen molar-refractivity contribution < 1.29 is 14.3 Å². The largest absolute Gasteiger partial charge is 0.493 e. The van der Waals surface area contributed by atoms with Gasteiger partial charge in [0.05, 0.1) is 23.6 Å². The molecular weight excluding hydrogens is 432 g/mol. The molecule has 2 N–H and O–H groups in total. The summed E-state index contributed by atoms with van der Waals surface area (Å²) < 4.78 is 11.0. The fourth-order valence-corrected chi connectivity index (χ4v) is 3.29. The van der Waals surface area contributed by atoms with Crippen molar-refractivity contribution in [3.8, 4) is 17.6 Å². The molecule has 0 radical (unpaired) electrons. The van der Waals surface area contributed by atoms with E-state index in [1.165, 1.54) is 7.11 Å². The molecule has 1 amide bonds. The molecule has 0 saturated carbocycles. The Morgan fingerprint density at radius 2 is 1.85 bits per heavy atom. The van der Waals surface area contributed by atoms with Crippen molar-refractivity contribution in [3.63, 3.8) is 0 Å². The molecular formula is C26H20N4O4. The molecule has 0 aliphatic heterocycles. The maximum absolute atomic E-state index is 12.4. The molecule has 4 rings (SSSR count). The minimum absolute atomic E-state index is 0.170. The number of methoxy groups -OCH3 is 1. The van der Waals surface area contributed by atoms with Crippen molar-refractivity contribution in [2.24, 2.45) is 0 Å². The standard InChI is InChI=1S/C26H20N4O4/c1-33-23-14-17(11-12-22(23)34-16-24(31)28-19-7-3-2-4-8-19)13-18(15-27)25-29-21-10-6-5-9-20(21)26(32)30-25/h2-14H,16H2,1H3,(H,28,31)(H,29,30,32).